The summed E-state index contributed by atoms with van der Waals surface area (Å²) >= 11 is 1.13. The lowest BCUT2D eigenvalue weighted by Gasteiger charge is -2.21. The van der Waals surface area contributed by atoms with Gasteiger partial charge < -0.3 is 0 Å². The lowest BCUT2D eigenvalue weighted by molar-refractivity contribution is 0.0977. The Morgan fingerprint density at radius 3 is 2.78 bits per heavy atom. The minimum absolute atomic E-state index is 0.173. The maximum atomic E-state index is 12.2. The second kappa shape index (κ2) is 4.31. The number of carbonyl (C=O) groups excluding carboxylic acids is 1. The maximum absolute atomic E-state index is 12.2. The maximum Gasteiger partial charge on any atom is 0.284 e. The number of nitrogens with one attached hydrogen (secondary N) is 1. The minimum Gasteiger partial charge on any atom is -0.266 e. The van der Waals surface area contributed by atoms with E-state index in [1.165, 1.54) is 6.07 Å². The molecule has 1 aromatic heterocycles. The Bertz CT molecular complexity index is 553. The number of hydrogen-bond donors (Lipinski definition) is 1. The zero-order valence-electron chi connectivity index (χ0n) is 9.70. The van der Waals surface area contributed by atoms with Crippen LogP contribution >= 0.6 is 11.5 Å². The molecule has 98 valence electrons. The number of rotatable bonds is 3. The summed E-state index contributed by atoms with van der Waals surface area (Å²) in [6, 6.07) is 1.52. The van der Waals surface area contributed by atoms with Crippen LogP contribution in [-0.4, -0.2) is 23.9 Å². The molecule has 2 aliphatic carbocycles. The first-order valence-electron chi connectivity index (χ1n) is 6.02. The number of carbonyl (C=O) groups is 1. The summed E-state index contributed by atoms with van der Waals surface area (Å²) in [5.74, 6) is 0.153. The van der Waals surface area contributed by atoms with Crippen LogP contribution in [0.5, 0.6) is 0 Å². The summed E-state index contributed by atoms with van der Waals surface area (Å²) in [6.45, 7) is 0. The summed E-state index contributed by atoms with van der Waals surface area (Å²) in [4.78, 5) is 11.7. The lowest BCUT2D eigenvalue weighted by atomic mass is 10.0. The first kappa shape index (κ1) is 12.1. The third kappa shape index (κ3) is 2.05. The molecule has 5 nitrogen and oxygen atoms in total. The van der Waals surface area contributed by atoms with Crippen LogP contribution in [0.3, 0.4) is 0 Å². The Labute approximate surface area is 110 Å². The van der Waals surface area contributed by atoms with Crippen LogP contribution in [0.15, 0.2) is 11.4 Å². The predicted molar refractivity (Wildman–Crippen MR) is 67.7 cm³/mol. The van der Waals surface area contributed by atoms with Crippen molar-refractivity contribution in [2.24, 2.45) is 11.8 Å². The average molecular weight is 286 g/mol. The molecule has 0 aliphatic heterocycles. The van der Waals surface area contributed by atoms with Crippen molar-refractivity contribution in [2.45, 2.75) is 30.9 Å². The normalized spacial score (nSPS) is 30.6. The molecular weight excluding hydrogens is 272 g/mol. The molecule has 0 saturated heterocycles. The smallest absolute Gasteiger partial charge is 0.266 e. The van der Waals surface area contributed by atoms with Gasteiger partial charge in [0.1, 0.15) is 5.69 Å². The fourth-order valence-corrected chi connectivity index (χ4v) is 5.45. The topological polar surface area (TPSA) is 76.1 Å². The van der Waals surface area contributed by atoms with Crippen molar-refractivity contribution >= 4 is 27.5 Å². The molecule has 1 amide bonds. The number of nitrogens with zero attached hydrogens (tertiary/aromatic N) is 1. The van der Waals surface area contributed by atoms with Gasteiger partial charge in [-0.1, -0.05) is 6.42 Å². The van der Waals surface area contributed by atoms with E-state index >= 15 is 0 Å². The molecule has 1 heterocycles. The molecule has 1 unspecified atom stereocenters. The zero-order valence-corrected chi connectivity index (χ0v) is 11.3. The number of aromatic nitrogens is 1. The van der Waals surface area contributed by atoms with E-state index in [0.29, 0.717) is 12.3 Å². The van der Waals surface area contributed by atoms with Crippen LogP contribution in [0.2, 0.25) is 0 Å². The average Bonchev–Trinajstić information content (AvgIpc) is 3.05. The molecule has 2 saturated carbocycles. The van der Waals surface area contributed by atoms with Gasteiger partial charge in [0, 0.05) is 5.38 Å². The minimum atomic E-state index is -3.55. The van der Waals surface area contributed by atoms with Gasteiger partial charge in [-0.05, 0) is 48.7 Å². The Balaban J connectivity index is 1.74. The van der Waals surface area contributed by atoms with Crippen molar-refractivity contribution in [3.63, 3.8) is 0 Å². The summed E-state index contributed by atoms with van der Waals surface area (Å²) in [5.41, 5.74) is 0.173. The second-order valence-electron chi connectivity index (χ2n) is 5.07. The van der Waals surface area contributed by atoms with Gasteiger partial charge in [0.15, 0.2) is 0 Å². The van der Waals surface area contributed by atoms with Crippen molar-refractivity contribution < 1.29 is 13.2 Å². The molecule has 0 radical (unpaired) electrons. The molecule has 3 atom stereocenters. The lowest BCUT2D eigenvalue weighted by Crippen LogP contribution is -2.40. The second-order valence-corrected chi connectivity index (χ2v) is 7.64. The number of fused-ring (bicyclic) bond motifs is 2. The van der Waals surface area contributed by atoms with E-state index in [4.69, 9.17) is 0 Å². The number of sulfonamides is 1. The SMILES string of the molecule is O=C(NS(=O)(=O)C1C[C@@H]2CC[C@H]1C2)c1ccsn1. The van der Waals surface area contributed by atoms with Gasteiger partial charge in [0.25, 0.3) is 5.91 Å². The van der Waals surface area contributed by atoms with Crippen molar-refractivity contribution in [1.29, 1.82) is 0 Å². The molecule has 18 heavy (non-hydrogen) atoms. The van der Waals surface area contributed by atoms with Crippen molar-refractivity contribution in [2.75, 3.05) is 0 Å². The highest BCUT2D eigenvalue weighted by molar-refractivity contribution is 7.90. The highest BCUT2D eigenvalue weighted by Gasteiger charge is 2.46. The van der Waals surface area contributed by atoms with Crippen LogP contribution < -0.4 is 4.72 Å². The molecule has 3 rings (SSSR count). The van der Waals surface area contributed by atoms with E-state index in [0.717, 1.165) is 30.8 Å². The van der Waals surface area contributed by atoms with E-state index < -0.39 is 15.9 Å². The van der Waals surface area contributed by atoms with E-state index in [1.807, 2.05) is 0 Å². The van der Waals surface area contributed by atoms with Crippen LogP contribution in [-0.2, 0) is 10.0 Å². The molecule has 1 aromatic rings. The first-order valence-corrected chi connectivity index (χ1v) is 8.41. The highest BCUT2D eigenvalue weighted by Crippen LogP contribution is 2.47. The number of hydrogen-bond acceptors (Lipinski definition) is 5. The largest absolute Gasteiger partial charge is 0.284 e. The van der Waals surface area contributed by atoms with E-state index in [2.05, 4.69) is 9.10 Å². The molecular formula is C11H14N2O3S2. The van der Waals surface area contributed by atoms with Crippen LogP contribution in [0.1, 0.15) is 36.2 Å². The Morgan fingerprint density at radius 2 is 2.22 bits per heavy atom. The standard InChI is InChI=1S/C11H14N2O3S2/c14-11(9-3-4-17-12-9)13-18(15,16)10-6-7-1-2-8(10)5-7/h3-4,7-8,10H,1-2,5-6H2,(H,13,14)/t7-,8+,10?/m1/s1. The first-order chi connectivity index (χ1) is 8.56. The third-order valence-electron chi connectivity index (χ3n) is 3.98. The summed E-state index contributed by atoms with van der Waals surface area (Å²) < 4.78 is 30.3. The van der Waals surface area contributed by atoms with Gasteiger partial charge in [-0.3, -0.25) is 4.79 Å². The van der Waals surface area contributed by atoms with Gasteiger partial charge in [-0.25, -0.2) is 13.1 Å². The number of amides is 1. The van der Waals surface area contributed by atoms with Crippen molar-refractivity contribution in [3.8, 4) is 0 Å². The predicted octanol–water partition coefficient (Wildman–Crippen LogP) is 1.39. The molecule has 1 N–H and O–H groups in total. The molecule has 0 spiro atoms. The monoisotopic (exact) mass is 286 g/mol. The van der Waals surface area contributed by atoms with Gasteiger partial charge in [0.2, 0.25) is 10.0 Å². The summed E-state index contributed by atoms with van der Waals surface area (Å²) in [7, 11) is -3.55. The van der Waals surface area contributed by atoms with Gasteiger partial charge in [-0.15, -0.1) is 0 Å². The fraction of sp³-hybridized carbons (Fsp3) is 0.636. The Hall–Kier alpha value is -0.950. The summed E-state index contributed by atoms with van der Waals surface area (Å²) in [5, 5.41) is 1.26. The van der Waals surface area contributed by atoms with Gasteiger partial charge in [0.05, 0.1) is 5.25 Å². The van der Waals surface area contributed by atoms with Crippen molar-refractivity contribution in [1.82, 2.24) is 9.10 Å². The van der Waals surface area contributed by atoms with Crippen LogP contribution in [0.25, 0.3) is 0 Å². The van der Waals surface area contributed by atoms with Crippen molar-refractivity contribution in [3.05, 3.63) is 17.1 Å². The van der Waals surface area contributed by atoms with Crippen LogP contribution in [0, 0.1) is 11.8 Å². The van der Waals surface area contributed by atoms with Gasteiger partial charge >= 0.3 is 0 Å². The Kier molecular flexibility index (Phi) is 2.90. The molecule has 7 heteroatoms. The third-order valence-corrected chi connectivity index (χ3v) is 6.38. The van der Waals surface area contributed by atoms with Crippen LogP contribution in [0.4, 0.5) is 0 Å². The molecule has 0 aromatic carbocycles. The van der Waals surface area contributed by atoms with E-state index in [1.54, 1.807) is 5.38 Å². The van der Waals surface area contributed by atoms with E-state index in [9.17, 15) is 13.2 Å². The quantitative estimate of drug-likeness (QED) is 0.911. The summed E-state index contributed by atoms with van der Waals surface area (Å²) in [6.07, 6.45) is 3.80. The zero-order chi connectivity index (χ0) is 12.8. The van der Waals surface area contributed by atoms with E-state index in [-0.39, 0.29) is 16.9 Å². The Morgan fingerprint density at radius 1 is 1.39 bits per heavy atom. The van der Waals surface area contributed by atoms with Gasteiger partial charge in [-0.2, -0.15) is 4.37 Å². The molecule has 2 fully saturated rings. The molecule has 2 bridgehead atoms. The fourth-order valence-electron chi connectivity index (χ4n) is 3.15. The highest BCUT2D eigenvalue weighted by atomic mass is 32.2. The molecule has 2 aliphatic rings.